The van der Waals surface area contributed by atoms with E-state index in [1.54, 1.807) is 0 Å². The fourth-order valence-electron chi connectivity index (χ4n) is 1.63. The topological polar surface area (TPSA) is 35.2 Å². The maximum absolute atomic E-state index is 12.4. The Balaban J connectivity index is 2.33. The summed E-state index contributed by atoms with van der Waals surface area (Å²) in [6.07, 6.45) is -0.477. The van der Waals surface area contributed by atoms with Gasteiger partial charge in [-0.15, -0.1) is 0 Å². The van der Waals surface area contributed by atoms with Crippen LogP contribution in [-0.4, -0.2) is 12.8 Å². The second kappa shape index (κ2) is 3.44. The van der Waals surface area contributed by atoms with Crippen LogP contribution in [0.4, 0.5) is 4.39 Å². The van der Waals surface area contributed by atoms with Gasteiger partial charge in [0.25, 0.3) is 0 Å². The number of fused-ring (bicyclic) bond motifs is 1. The number of rotatable bonds is 1. The number of benzene rings is 1. The molecule has 1 aliphatic rings. The molecule has 2 atom stereocenters. The van der Waals surface area contributed by atoms with E-state index in [0.29, 0.717) is 6.61 Å². The Morgan fingerprint density at radius 1 is 1.46 bits per heavy atom. The zero-order valence-corrected chi connectivity index (χ0v) is 7.24. The minimum atomic E-state index is -0.518. The predicted molar refractivity (Wildman–Crippen MR) is 47.9 cm³/mol. The number of ether oxygens (including phenoxy) is 1. The standard InChI is InChI=1S/C10H12FNO/c11-5-9-10(12)8-4-2-1-3-7(8)6-13-9/h1-4,9-10H,5-6,12H2/t9-,10-/m1/s1. The summed E-state index contributed by atoms with van der Waals surface area (Å²) < 4.78 is 17.7. The molecule has 0 radical (unpaired) electrons. The molecular formula is C10H12FNO. The Hall–Kier alpha value is -0.930. The Kier molecular flexibility index (Phi) is 2.29. The van der Waals surface area contributed by atoms with Gasteiger partial charge >= 0.3 is 0 Å². The van der Waals surface area contributed by atoms with Crippen molar-refractivity contribution in [3.05, 3.63) is 35.4 Å². The van der Waals surface area contributed by atoms with Crippen LogP contribution in [0.1, 0.15) is 17.2 Å². The highest BCUT2D eigenvalue weighted by molar-refractivity contribution is 5.31. The summed E-state index contributed by atoms with van der Waals surface area (Å²) in [4.78, 5) is 0. The monoisotopic (exact) mass is 181 g/mol. The van der Waals surface area contributed by atoms with Crippen LogP contribution in [-0.2, 0) is 11.3 Å². The smallest absolute Gasteiger partial charge is 0.117 e. The van der Waals surface area contributed by atoms with Gasteiger partial charge in [-0.05, 0) is 11.1 Å². The van der Waals surface area contributed by atoms with Gasteiger partial charge in [-0.1, -0.05) is 24.3 Å². The summed E-state index contributed by atoms with van der Waals surface area (Å²) in [5, 5.41) is 0. The van der Waals surface area contributed by atoms with Crippen molar-refractivity contribution in [3.63, 3.8) is 0 Å². The van der Waals surface area contributed by atoms with Crippen molar-refractivity contribution in [1.82, 2.24) is 0 Å². The molecule has 70 valence electrons. The molecule has 2 N–H and O–H groups in total. The van der Waals surface area contributed by atoms with Crippen molar-refractivity contribution >= 4 is 0 Å². The molecule has 0 amide bonds. The molecule has 2 rings (SSSR count). The van der Waals surface area contributed by atoms with E-state index < -0.39 is 12.8 Å². The van der Waals surface area contributed by atoms with Gasteiger partial charge < -0.3 is 10.5 Å². The zero-order chi connectivity index (χ0) is 9.26. The lowest BCUT2D eigenvalue weighted by Crippen LogP contribution is -2.35. The third-order valence-corrected chi connectivity index (χ3v) is 2.42. The molecule has 0 spiro atoms. The minimum absolute atomic E-state index is 0.324. The molecule has 3 heteroatoms. The van der Waals surface area contributed by atoms with Crippen molar-refractivity contribution in [1.29, 1.82) is 0 Å². The van der Waals surface area contributed by atoms with Crippen molar-refractivity contribution in [2.24, 2.45) is 5.73 Å². The third kappa shape index (κ3) is 1.45. The first-order chi connectivity index (χ1) is 6.33. The van der Waals surface area contributed by atoms with E-state index in [-0.39, 0.29) is 6.04 Å². The van der Waals surface area contributed by atoms with Gasteiger partial charge in [0.2, 0.25) is 0 Å². The summed E-state index contributed by atoms with van der Waals surface area (Å²) in [6, 6.07) is 7.42. The van der Waals surface area contributed by atoms with Crippen molar-refractivity contribution in [2.75, 3.05) is 6.67 Å². The number of nitrogens with two attached hydrogens (primary N) is 1. The molecule has 0 unspecified atom stereocenters. The molecule has 1 heterocycles. The molecule has 1 aliphatic heterocycles. The van der Waals surface area contributed by atoms with Crippen LogP contribution in [0.3, 0.4) is 0 Å². The highest BCUT2D eigenvalue weighted by Crippen LogP contribution is 2.27. The second-order valence-electron chi connectivity index (χ2n) is 3.23. The summed E-state index contributed by atoms with van der Waals surface area (Å²) in [5.41, 5.74) is 7.92. The Labute approximate surface area is 76.5 Å². The molecule has 0 aliphatic carbocycles. The van der Waals surface area contributed by atoms with E-state index in [9.17, 15) is 4.39 Å². The van der Waals surface area contributed by atoms with Crippen molar-refractivity contribution in [3.8, 4) is 0 Å². The van der Waals surface area contributed by atoms with Crippen LogP contribution in [0.2, 0.25) is 0 Å². The quantitative estimate of drug-likeness (QED) is 0.713. The van der Waals surface area contributed by atoms with Crippen LogP contribution < -0.4 is 5.73 Å². The van der Waals surface area contributed by atoms with E-state index in [1.807, 2.05) is 24.3 Å². The third-order valence-electron chi connectivity index (χ3n) is 2.42. The van der Waals surface area contributed by atoms with Gasteiger partial charge in [0.1, 0.15) is 12.8 Å². The van der Waals surface area contributed by atoms with Crippen LogP contribution in [0, 0.1) is 0 Å². The van der Waals surface area contributed by atoms with E-state index >= 15 is 0 Å². The molecule has 0 bridgehead atoms. The lowest BCUT2D eigenvalue weighted by molar-refractivity contribution is -0.00557. The van der Waals surface area contributed by atoms with E-state index in [2.05, 4.69) is 0 Å². The maximum atomic E-state index is 12.4. The fraction of sp³-hybridized carbons (Fsp3) is 0.400. The zero-order valence-electron chi connectivity index (χ0n) is 7.24. The molecule has 0 fully saturated rings. The van der Waals surface area contributed by atoms with E-state index in [1.165, 1.54) is 0 Å². The minimum Gasteiger partial charge on any atom is -0.369 e. The normalized spacial score (nSPS) is 26.9. The van der Waals surface area contributed by atoms with Crippen LogP contribution in [0.15, 0.2) is 24.3 Å². The molecule has 0 saturated heterocycles. The fourth-order valence-corrected chi connectivity index (χ4v) is 1.63. The summed E-state index contributed by atoms with van der Waals surface area (Å²) in [6.45, 7) is -0.0477. The predicted octanol–water partition coefficient (Wildman–Crippen LogP) is 1.55. The first kappa shape index (κ1) is 8.66. The first-order valence-electron chi connectivity index (χ1n) is 4.34. The second-order valence-corrected chi connectivity index (χ2v) is 3.23. The average Bonchev–Trinajstić information content (AvgIpc) is 2.19. The first-order valence-corrected chi connectivity index (χ1v) is 4.34. The van der Waals surface area contributed by atoms with E-state index in [4.69, 9.17) is 10.5 Å². The molecule has 2 nitrogen and oxygen atoms in total. The molecule has 13 heavy (non-hydrogen) atoms. The van der Waals surface area contributed by atoms with Crippen LogP contribution in [0.5, 0.6) is 0 Å². The van der Waals surface area contributed by atoms with Crippen molar-refractivity contribution < 1.29 is 9.13 Å². The largest absolute Gasteiger partial charge is 0.369 e. The Morgan fingerprint density at radius 3 is 3.00 bits per heavy atom. The van der Waals surface area contributed by atoms with Gasteiger partial charge in [0.05, 0.1) is 12.6 Å². The lowest BCUT2D eigenvalue weighted by atomic mass is 9.95. The van der Waals surface area contributed by atoms with Crippen LogP contribution >= 0.6 is 0 Å². The van der Waals surface area contributed by atoms with Gasteiger partial charge in [-0.3, -0.25) is 0 Å². The number of alkyl halides is 1. The molecule has 1 aromatic carbocycles. The number of halogens is 1. The number of hydrogen-bond donors (Lipinski definition) is 1. The lowest BCUT2D eigenvalue weighted by Gasteiger charge is -2.29. The summed E-state index contributed by atoms with van der Waals surface area (Å²) >= 11 is 0. The molecule has 0 aromatic heterocycles. The van der Waals surface area contributed by atoms with Gasteiger partial charge in [-0.25, -0.2) is 4.39 Å². The molecular weight excluding hydrogens is 169 g/mol. The van der Waals surface area contributed by atoms with Gasteiger partial charge in [-0.2, -0.15) is 0 Å². The SMILES string of the molecule is N[C@@H]1c2ccccc2CO[C@@H]1CF. The Bertz CT molecular complexity index is 303. The van der Waals surface area contributed by atoms with Crippen molar-refractivity contribution in [2.45, 2.75) is 18.8 Å². The highest BCUT2D eigenvalue weighted by Gasteiger charge is 2.26. The summed E-state index contributed by atoms with van der Waals surface area (Å²) in [5.74, 6) is 0. The average molecular weight is 181 g/mol. The molecule has 0 saturated carbocycles. The van der Waals surface area contributed by atoms with E-state index in [0.717, 1.165) is 11.1 Å². The number of hydrogen-bond acceptors (Lipinski definition) is 2. The van der Waals surface area contributed by atoms with Gasteiger partial charge in [0, 0.05) is 0 Å². The van der Waals surface area contributed by atoms with Crippen LogP contribution in [0.25, 0.3) is 0 Å². The van der Waals surface area contributed by atoms with Gasteiger partial charge in [0.15, 0.2) is 0 Å². The highest BCUT2D eigenvalue weighted by atomic mass is 19.1. The summed E-state index contributed by atoms with van der Waals surface area (Å²) in [7, 11) is 0. The maximum Gasteiger partial charge on any atom is 0.117 e. The Morgan fingerprint density at radius 2 is 2.23 bits per heavy atom. The molecule has 1 aromatic rings.